The van der Waals surface area contributed by atoms with Crippen LogP contribution in [0.1, 0.15) is 65.7 Å². The number of hydrogen-bond donors (Lipinski definition) is 0. The van der Waals surface area contributed by atoms with Crippen LogP contribution in [0.2, 0.25) is 0 Å². The van der Waals surface area contributed by atoms with Crippen LogP contribution >= 0.6 is 0 Å². The fourth-order valence-corrected chi connectivity index (χ4v) is 1.43. The third-order valence-corrected chi connectivity index (χ3v) is 2.88. The topological polar surface area (TPSA) is 23.8 Å². The van der Waals surface area contributed by atoms with Crippen molar-refractivity contribution < 1.29 is 0 Å². The van der Waals surface area contributed by atoms with Crippen LogP contribution in [0.25, 0.3) is 0 Å². The van der Waals surface area contributed by atoms with Crippen LogP contribution < -0.4 is 0 Å². The van der Waals surface area contributed by atoms with Gasteiger partial charge in [-0.05, 0) is 19.8 Å². The summed E-state index contributed by atoms with van der Waals surface area (Å²) >= 11 is 0. The molecule has 0 rings (SSSR count). The van der Waals surface area contributed by atoms with E-state index in [-0.39, 0.29) is 5.41 Å². The molecule has 1 atom stereocenters. The van der Waals surface area contributed by atoms with Gasteiger partial charge in [-0.15, -0.1) is 0 Å². The zero-order valence-corrected chi connectivity index (χ0v) is 9.40. The number of nitrogens with zero attached hydrogens (tertiary/aromatic N) is 1. The minimum atomic E-state index is -0.0633. The van der Waals surface area contributed by atoms with E-state index in [0.717, 1.165) is 12.8 Å². The van der Waals surface area contributed by atoms with Crippen molar-refractivity contribution in [2.45, 2.75) is 65.7 Å². The monoisotopic (exact) mass is 181 g/mol. The van der Waals surface area contributed by atoms with Gasteiger partial charge < -0.3 is 0 Å². The molecule has 0 saturated heterocycles. The van der Waals surface area contributed by atoms with Gasteiger partial charge in [0.05, 0.1) is 11.5 Å². The Hall–Kier alpha value is -0.510. The normalized spacial score (nSPS) is 14.9. The van der Waals surface area contributed by atoms with Crippen molar-refractivity contribution in [3.8, 4) is 6.07 Å². The van der Waals surface area contributed by atoms with Crippen molar-refractivity contribution in [2.24, 2.45) is 5.41 Å². The van der Waals surface area contributed by atoms with Crippen molar-refractivity contribution in [3.63, 3.8) is 0 Å². The molecule has 0 aromatic rings. The van der Waals surface area contributed by atoms with Gasteiger partial charge in [0.2, 0.25) is 0 Å². The minimum absolute atomic E-state index is 0.0633. The van der Waals surface area contributed by atoms with Crippen LogP contribution in [0.5, 0.6) is 0 Å². The summed E-state index contributed by atoms with van der Waals surface area (Å²) in [5, 5.41) is 8.94. The smallest absolute Gasteiger partial charge is 0.0686 e. The Balaban J connectivity index is 3.46. The third-order valence-electron chi connectivity index (χ3n) is 2.88. The Morgan fingerprint density at radius 1 is 1.08 bits per heavy atom. The first-order valence-electron chi connectivity index (χ1n) is 5.59. The average Bonchev–Trinajstić information content (AvgIpc) is 2.17. The lowest BCUT2D eigenvalue weighted by atomic mass is 9.84. The van der Waals surface area contributed by atoms with Crippen molar-refractivity contribution in [1.29, 1.82) is 5.26 Å². The largest absolute Gasteiger partial charge is 0.198 e. The van der Waals surface area contributed by atoms with Crippen molar-refractivity contribution in [3.05, 3.63) is 0 Å². The van der Waals surface area contributed by atoms with Gasteiger partial charge in [0.15, 0.2) is 0 Å². The third kappa shape index (κ3) is 5.69. The molecule has 0 fully saturated rings. The zero-order valence-electron chi connectivity index (χ0n) is 9.40. The summed E-state index contributed by atoms with van der Waals surface area (Å²) in [5.41, 5.74) is -0.0633. The maximum atomic E-state index is 8.94. The molecule has 0 aliphatic heterocycles. The molecule has 0 bridgehead atoms. The van der Waals surface area contributed by atoms with E-state index in [1.54, 1.807) is 0 Å². The molecule has 0 saturated carbocycles. The Morgan fingerprint density at radius 2 is 1.69 bits per heavy atom. The second-order valence-electron chi connectivity index (χ2n) is 4.19. The van der Waals surface area contributed by atoms with Crippen molar-refractivity contribution in [2.75, 3.05) is 0 Å². The molecule has 0 radical (unpaired) electrons. The lowest BCUT2D eigenvalue weighted by Gasteiger charge is -2.18. The highest BCUT2D eigenvalue weighted by Gasteiger charge is 2.19. The van der Waals surface area contributed by atoms with Crippen molar-refractivity contribution in [1.82, 2.24) is 0 Å². The van der Waals surface area contributed by atoms with Gasteiger partial charge in [0.25, 0.3) is 0 Å². The molecule has 0 amide bonds. The summed E-state index contributed by atoms with van der Waals surface area (Å²) in [5.74, 6) is 0. The number of rotatable bonds is 7. The van der Waals surface area contributed by atoms with Crippen LogP contribution in [0.3, 0.4) is 0 Å². The van der Waals surface area contributed by atoms with Gasteiger partial charge in [0, 0.05) is 0 Å². The zero-order chi connectivity index (χ0) is 10.2. The predicted molar refractivity (Wildman–Crippen MR) is 57.4 cm³/mol. The highest BCUT2D eigenvalue weighted by Crippen LogP contribution is 2.27. The van der Waals surface area contributed by atoms with Gasteiger partial charge >= 0.3 is 0 Å². The summed E-state index contributed by atoms with van der Waals surface area (Å²) in [4.78, 5) is 0. The van der Waals surface area contributed by atoms with Crippen LogP contribution in [0, 0.1) is 16.7 Å². The summed E-state index contributed by atoms with van der Waals surface area (Å²) in [6.07, 6.45) is 8.55. The summed E-state index contributed by atoms with van der Waals surface area (Å²) in [6.45, 7) is 6.41. The summed E-state index contributed by atoms with van der Waals surface area (Å²) in [6, 6.07) is 2.42. The van der Waals surface area contributed by atoms with Crippen LogP contribution in [0.4, 0.5) is 0 Å². The van der Waals surface area contributed by atoms with Gasteiger partial charge in [-0.2, -0.15) is 5.26 Å². The minimum Gasteiger partial charge on any atom is -0.198 e. The average molecular weight is 181 g/mol. The molecular weight excluding hydrogens is 158 g/mol. The molecular formula is C12H23N. The van der Waals surface area contributed by atoms with E-state index in [1.165, 1.54) is 32.1 Å². The van der Waals surface area contributed by atoms with Gasteiger partial charge in [-0.3, -0.25) is 0 Å². The van der Waals surface area contributed by atoms with Crippen LogP contribution in [-0.2, 0) is 0 Å². The Bertz CT molecular complexity index is 157. The van der Waals surface area contributed by atoms with E-state index in [0.29, 0.717) is 0 Å². The Labute approximate surface area is 83.1 Å². The number of hydrogen-bond acceptors (Lipinski definition) is 1. The fourth-order valence-electron chi connectivity index (χ4n) is 1.43. The molecule has 1 unspecified atom stereocenters. The molecule has 0 N–H and O–H groups in total. The summed E-state index contributed by atoms with van der Waals surface area (Å²) in [7, 11) is 0. The van der Waals surface area contributed by atoms with E-state index in [1.807, 2.05) is 0 Å². The molecule has 76 valence electrons. The van der Waals surface area contributed by atoms with Gasteiger partial charge in [-0.25, -0.2) is 0 Å². The number of unbranched alkanes of at least 4 members (excludes halogenated alkanes) is 4. The van der Waals surface area contributed by atoms with Crippen LogP contribution in [-0.4, -0.2) is 0 Å². The molecule has 0 aliphatic rings. The highest BCUT2D eigenvalue weighted by atomic mass is 14.3. The van der Waals surface area contributed by atoms with Crippen LogP contribution in [0.15, 0.2) is 0 Å². The quantitative estimate of drug-likeness (QED) is 0.537. The molecule has 0 heterocycles. The lowest BCUT2D eigenvalue weighted by molar-refractivity contribution is 0.369. The molecule has 0 aromatic heterocycles. The van der Waals surface area contributed by atoms with E-state index < -0.39 is 0 Å². The first-order valence-corrected chi connectivity index (χ1v) is 5.59. The van der Waals surface area contributed by atoms with E-state index in [4.69, 9.17) is 5.26 Å². The maximum Gasteiger partial charge on any atom is 0.0686 e. The lowest BCUT2D eigenvalue weighted by Crippen LogP contribution is -2.11. The highest BCUT2D eigenvalue weighted by molar-refractivity contribution is 4.93. The van der Waals surface area contributed by atoms with E-state index in [9.17, 15) is 0 Å². The second kappa shape index (κ2) is 6.95. The molecule has 0 aliphatic carbocycles. The molecule has 0 spiro atoms. The SMILES string of the molecule is CCCCCCCC(C)(C#N)CC. The van der Waals surface area contributed by atoms with E-state index in [2.05, 4.69) is 26.8 Å². The molecule has 1 heteroatoms. The predicted octanol–water partition coefficient (Wildman–Crippen LogP) is 4.29. The second-order valence-corrected chi connectivity index (χ2v) is 4.19. The van der Waals surface area contributed by atoms with Gasteiger partial charge in [-0.1, -0.05) is 46.0 Å². The maximum absolute atomic E-state index is 8.94. The number of nitriles is 1. The molecule has 1 nitrogen and oxygen atoms in total. The Kier molecular flexibility index (Phi) is 6.68. The summed E-state index contributed by atoms with van der Waals surface area (Å²) < 4.78 is 0. The van der Waals surface area contributed by atoms with Crippen molar-refractivity contribution >= 4 is 0 Å². The fraction of sp³-hybridized carbons (Fsp3) is 0.917. The van der Waals surface area contributed by atoms with E-state index >= 15 is 0 Å². The Morgan fingerprint density at radius 3 is 2.15 bits per heavy atom. The van der Waals surface area contributed by atoms with Gasteiger partial charge in [0.1, 0.15) is 0 Å². The standard InChI is InChI=1S/C12H23N/c1-4-6-7-8-9-10-12(3,5-2)11-13/h4-10H2,1-3H3. The first kappa shape index (κ1) is 12.5. The molecule has 0 aromatic carbocycles. The first-order chi connectivity index (χ1) is 6.18. The molecule has 13 heavy (non-hydrogen) atoms.